The molecule has 1 heterocycles. The van der Waals surface area contributed by atoms with Crippen LogP contribution in [0.15, 0.2) is 30.3 Å². The zero-order valence-corrected chi connectivity index (χ0v) is 8.86. The summed E-state index contributed by atoms with van der Waals surface area (Å²) in [5.74, 6) is 0.651. The molecule has 2 N–H and O–H groups in total. The molecule has 1 fully saturated rings. The summed E-state index contributed by atoms with van der Waals surface area (Å²) in [4.78, 5) is 11.9. The van der Waals surface area contributed by atoms with E-state index in [9.17, 15) is 4.79 Å². The number of amides is 1. The molecular formula is C12H16N2O. The first kappa shape index (κ1) is 10.2. The van der Waals surface area contributed by atoms with Gasteiger partial charge in [-0.1, -0.05) is 25.1 Å². The summed E-state index contributed by atoms with van der Waals surface area (Å²) in [6, 6.07) is 9.60. The zero-order chi connectivity index (χ0) is 10.7. The van der Waals surface area contributed by atoms with Crippen molar-refractivity contribution in [2.24, 2.45) is 11.8 Å². The first-order chi connectivity index (χ1) is 7.27. The van der Waals surface area contributed by atoms with Crippen molar-refractivity contribution in [3.63, 3.8) is 0 Å². The second-order valence-electron chi connectivity index (χ2n) is 4.10. The van der Waals surface area contributed by atoms with Crippen molar-refractivity contribution in [1.82, 2.24) is 5.32 Å². The number of carbonyl (C=O) groups excluding carboxylic acids is 1. The third-order valence-corrected chi connectivity index (χ3v) is 2.90. The second-order valence-corrected chi connectivity index (χ2v) is 4.10. The van der Waals surface area contributed by atoms with Crippen LogP contribution in [0.4, 0.5) is 5.69 Å². The Balaban J connectivity index is 1.98. The summed E-state index contributed by atoms with van der Waals surface area (Å²) in [6.07, 6.45) is 0. The zero-order valence-electron chi connectivity index (χ0n) is 8.86. The minimum absolute atomic E-state index is 0.102. The summed E-state index contributed by atoms with van der Waals surface area (Å²) in [5, 5.41) is 6.16. The molecule has 0 aromatic heterocycles. The van der Waals surface area contributed by atoms with Crippen molar-refractivity contribution < 1.29 is 4.79 Å². The van der Waals surface area contributed by atoms with Gasteiger partial charge in [0.2, 0.25) is 5.91 Å². The van der Waals surface area contributed by atoms with Crippen LogP contribution in [0.5, 0.6) is 0 Å². The fourth-order valence-electron chi connectivity index (χ4n) is 1.92. The molecule has 1 aromatic rings. The normalized spacial score (nSPS) is 25.1. The van der Waals surface area contributed by atoms with Gasteiger partial charge in [0.05, 0.1) is 5.92 Å². The van der Waals surface area contributed by atoms with Crippen molar-refractivity contribution in [2.45, 2.75) is 6.92 Å². The molecule has 80 valence electrons. The Bertz CT molecular complexity index is 337. The number of nitrogens with one attached hydrogen (secondary N) is 2. The Morgan fingerprint density at radius 3 is 2.67 bits per heavy atom. The van der Waals surface area contributed by atoms with Gasteiger partial charge in [0.15, 0.2) is 0 Å². The monoisotopic (exact) mass is 204 g/mol. The molecule has 1 aliphatic rings. The van der Waals surface area contributed by atoms with E-state index in [1.807, 2.05) is 30.3 Å². The van der Waals surface area contributed by atoms with E-state index in [1.54, 1.807) is 0 Å². The van der Waals surface area contributed by atoms with Gasteiger partial charge >= 0.3 is 0 Å². The predicted octanol–water partition coefficient (Wildman–Crippen LogP) is 1.48. The highest BCUT2D eigenvalue weighted by atomic mass is 16.1. The molecule has 3 heteroatoms. The van der Waals surface area contributed by atoms with E-state index in [-0.39, 0.29) is 11.8 Å². The maximum absolute atomic E-state index is 11.9. The SMILES string of the molecule is CC1CNCC1C(=O)Nc1ccccc1. The van der Waals surface area contributed by atoms with E-state index in [0.29, 0.717) is 5.92 Å². The molecule has 3 nitrogen and oxygen atoms in total. The van der Waals surface area contributed by atoms with E-state index in [1.165, 1.54) is 0 Å². The van der Waals surface area contributed by atoms with Crippen LogP contribution in [0.25, 0.3) is 0 Å². The summed E-state index contributed by atoms with van der Waals surface area (Å²) in [5.41, 5.74) is 0.876. The fourth-order valence-corrected chi connectivity index (χ4v) is 1.92. The van der Waals surface area contributed by atoms with Crippen molar-refractivity contribution in [3.05, 3.63) is 30.3 Å². The standard InChI is InChI=1S/C12H16N2O/c1-9-7-13-8-11(9)12(15)14-10-5-3-2-4-6-10/h2-6,9,11,13H,7-8H2,1H3,(H,14,15). The average Bonchev–Trinajstić information content (AvgIpc) is 2.66. The van der Waals surface area contributed by atoms with Crippen LogP contribution in [0, 0.1) is 11.8 Å². The second kappa shape index (κ2) is 4.45. The predicted molar refractivity (Wildman–Crippen MR) is 60.6 cm³/mol. The van der Waals surface area contributed by atoms with Crippen molar-refractivity contribution in [2.75, 3.05) is 18.4 Å². The molecule has 0 bridgehead atoms. The highest BCUT2D eigenvalue weighted by Crippen LogP contribution is 2.18. The number of hydrogen-bond acceptors (Lipinski definition) is 2. The Kier molecular flexibility index (Phi) is 3.02. The van der Waals surface area contributed by atoms with E-state index >= 15 is 0 Å². The molecule has 0 aliphatic carbocycles. The Morgan fingerprint density at radius 1 is 1.33 bits per heavy atom. The van der Waals surface area contributed by atoms with Gasteiger partial charge in [0.25, 0.3) is 0 Å². The Hall–Kier alpha value is -1.35. The number of hydrogen-bond donors (Lipinski definition) is 2. The van der Waals surface area contributed by atoms with Gasteiger partial charge < -0.3 is 10.6 Å². The van der Waals surface area contributed by atoms with Gasteiger partial charge in [-0.25, -0.2) is 0 Å². The van der Waals surface area contributed by atoms with Crippen LogP contribution in [0.2, 0.25) is 0 Å². The summed E-state index contributed by atoms with van der Waals surface area (Å²) in [7, 11) is 0. The minimum Gasteiger partial charge on any atom is -0.326 e. The van der Waals surface area contributed by atoms with E-state index < -0.39 is 0 Å². The van der Waals surface area contributed by atoms with Gasteiger partial charge in [-0.2, -0.15) is 0 Å². The lowest BCUT2D eigenvalue weighted by molar-refractivity contribution is -0.120. The van der Waals surface area contributed by atoms with Crippen molar-refractivity contribution in [1.29, 1.82) is 0 Å². The molecule has 2 rings (SSSR count). The molecule has 1 saturated heterocycles. The highest BCUT2D eigenvalue weighted by molar-refractivity contribution is 5.93. The van der Waals surface area contributed by atoms with Crippen LogP contribution in [0.3, 0.4) is 0 Å². The molecule has 0 radical (unpaired) electrons. The third kappa shape index (κ3) is 2.36. The minimum atomic E-state index is 0.102. The molecule has 1 amide bonds. The number of carbonyl (C=O) groups is 1. The van der Waals surface area contributed by atoms with Crippen LogP contribution in [-0.2, 0) is 4.79 Å². The average molecular weight is 204 g/mol. The first-order valence-electron chi connectivity index (χ1n) is 5.34. The maximum atomic E-state index is 11.9. The van der Waals surface area contributed by atoms with Crippen molar-refractivity contribution >= 4 is 11.6 Å². The smallest absolute Gasteiger partial charge is 0.229 e. The summed E-state index contributed by atoms with van der Waals surface area (Å²) < 4.78 is 0. The lowest BCUT2D eigenvalue weighted by atomic mass is 9.97. The van der Waals surface area contributed by atoms with Gasteiger partial charge in [0, 0.05) is 12.2 Å². The number of para-hydroxylation sites is 1. The molecular weight excluding hydrogens is 188 g/mol. The third-order valence-electron chi connectivity index (χ3n) is 2.90. The van der Waals surface area contributed by atoms with E-state index in [2.05, 4.69) is 17.6 Å². The highest BCUT2D eigenvalue weighted by Gasteiger charge is 2.29. The lowest BCUT2D eigenvalue weighted by Crippen LogP contribution is -2.27. The Labute approximate surface area is 89.9 Å². The molecule has 0 saturated carbocycles. The molecule has 2 atom stereocenters. The van der Waals surface area contributed by atoms with E-state index in [4.69, 9.17) is 0 Å². The number of anilines is 1. The molecule has 1 aliphatic heterocycles. The van der Waals surface area contributed by atoms with Gasteiger partial charge in [-0.15, -0.1) is 0 Å². The first-order valence-corrected chi connectivity index (χ1v) is 5.34. The topological polar surface area (TPSA) is 41.1 Å². The number of rotatable bonds is 2. The van der Waals surface area contributed by atoms with Crippen LogP contribution in [0.1, 0.15) is 6.92 Å². The van der Waals surface area contributed by atoms with E-state index in [0.717, 1.165) is 18.8 Å². The van der Waals surface area contributed by atoms with Gasteiger partial charge in [0.1, 0.15) is 0 Å². The molecule has 15 heavy (non-hydrogen) atoms. The maximum Gasteiger partial charge on any atom is 0.229 e. The lowest BCUT2D eigenvalue weighted by Gasteiger charge is -2.13. The van der Waals surface area contributed by atoms with Gasteiger partial charge in [-0.05, 0) is 24.6 Å². The van der Waals surface area contributed by atoms with Crippen LogP contribution in [-0.4, -0.2) is 19.0 Å². The van der Waals surface area contributed by atoms with Crippen LogP contribution < -0.4 is 10.6 Å². The molecule has 0 spiro atoms. The summed E-state index contributed by atoms with van der Waals surface area (Å²) in [6.45, 7) is 3.84. The quantitative estimate of drug-likeness (QED) is 0.766. The van der Waals surface area contributed by atoms with Crippen LogP contribution >= 0.6 is 0 Å². The molecule has 1 aromatic carbocycles. The number of benzene rings is 1. The van der Waals surface area contributed by atoms with Gasteiger partial charge in [-0.3, -0.25) is 4.79 Å². The largest absolute Gasteiger partial charge is 0.326 e. The Morgan fingerprint density at radius 2 is 2.07 bits per heavy atom. The molecule has 2 unspecified atom stereocenters. The fraction of sp³-hybridized carbons (Fsp3) is 0.417. The summed E-state index contributed by atoms with van der Waals surface area (Å²) >= 11 is 0. The van der Waals surface area contributed by atoms with Crippen molar-refractivity contribution in [3.8, 4) is 0 Å².